The number of piperidine rings is 1. The summed E-state index contributed by atoms with van der Waals surface area (Å²) in [6.45, 7) is 4.00. The fraction of sp³-hybridized carbons (Fsp3) is 0.667. The SMILES string of the molecule is CCCC[C@H](Nc1ccnc(N2CCCCC2)n1)C(=O)O. The van der Waals surface area contributed by atoms with Gasteiger partial charge in [0, 0.05) is 19.3 Å². The largest absolute Gasteiger partial charge is 0.480 e. The highest BCUT2D eigenvalue weighted by Gasteiger charge is 2.18. The molecule has 0 radical (unpaired) electrons. The summed E-state index contributed by atoms with van der Waals surface area (Å²) in [4.78, 5) is 22.2. The van der Waals surface area contributed by atoms with Gasteiger partial charge in [0.25, 0.3) is 0 Å². The predicted octanol–water partition coefficient (Wildman–Crippen LogP) is 2.52. The topological polar surface area (TPSA) is 78.4 Å². The number of hydrogen-bond donors (Lipinski definition) is 2. The number of aromatic nitrogens is 2. The van der Waals surface area contributed by atoms with Gasteiger partial charge in [0.2, 0.25) is 5.95 Å². The van der Waals surface area contributed by atoms with Crippen molar-refractivity contribution in [1.29, 1.82) is 0 Å². The second-order valence-electron chi connectivity index (χ2n) is 5.47. The van der Waals surface area contributed by atoms with Gasteiger partial charge in [0.15, 0.2) is 0 Å². The van der Waals surface area contributed by atoms with E-state index in [1.807, 2.05) is 0 Å². The number of anilines is 2. The molecule has 1 fully saturated rings. The molecule has 1 aromatic heterocycles. The standard InChI is InChI=1S/C15H24N4O2/c1-2-3-7-12(14(20)21)17-13-8-9-16-15(18-13)19-10-5-4-6-11-19/h8-9,12H,2-7,10-11H2,1H3,(H,20,21)(H,16,17,18)/t12-/m0/s1. The molecule has 0 saturated carbocycles. The summed E-state index contributed by atoms with van der Waals surface area (Å²) in [5, 5.41) is 12.3. The van der Waals surface area contributed by atoms with Crippen molar-refractivity contribution in [2.45, 2.75) is 51.5 Å². The molecule has 1 aromatic rings. The highest BCUT2D eigenvalue weighted by molar-refractivity contribution is 5.76. The zero-order valence-electron chi connectivity index (χ0n) is 12.6. The van der Waals surface area contributed by atoms with Gasteiger partial charge in [-0.3, -0.25) is 0 Å². The Balaban J connectivity index is 2.03. The summed E-state index contributed by atoms with van der Waals surface area (Å²) >= 11 is 0. The van der Waals surface area contributed by atoms with Gasteiger partial charge in [-0.1, -0.05) is 19.8 Å². The molecule has 0 aromatic carbocycles. The Kier molecular flexibility index (Phi) is 5.78. The number of carboxylic acid groups (broad SMARTS) is 1. The van der Waals surface area contributed by atoms with E-state index in [0.717, 1.165) is 38.8 Å². The van der Waals surface area contributed by atoms with Crippen molar-refractivity contribution in [2.24, 2.45) is 0 Å². The zero-order valence-corrected chi connectivity index (χ0v) is 12.6. The van der Waals surface area contributed by atoms with Gasteiger partial charge in [-0.15, -0.1) is 0 Å². The van der Waals surface area contributed by atoms with Crippen LogP contribution in [0.2, 0.25) is 0 Å². The van der Waals surface area contributed by atoms with E-state index in [1.165, 1.54) is 6.42 Å². The van der Waals surface area contributed by atoms with E-state index in [-0.39, 0.29) is 0 Å². The minimum atomic E-state index is -0.832. The van der Waals surface area contributed by atoms with Crippen LogP contribution in [-0.2, 0) is 4.79 Å². The van der Waals surface area contributed by atoms with Gasteiger partial charge in [-0.25, -0.2) is 9.78 Å². The molecule has 2 heterocycles. The maximum Gasteiger partial charge on any atom is 0.326 e. The second kappa shape index (κ2) is 7.81. The van der Waals surface area contributed by atoms with Crippen LogP contribution in [0.1, 0.15) is 45.4 Å². The second-order valence-corrected chi connectivity index (χ2v) is 5.47. The minimum Gasteiger partial charge on any atom is -0.480 e. The molecular weight excluding hydrogens is 268 g/mol. The first kappa shape index (κ1) is 15.5. The zero-order chi connectivity index (χ0) is 15.1. The van der Waals surface area contributed by atoms with Crippen molar-refractivity contribution in [1.82, 2.24) is 9.97 Å². The number of hydrogen-bond acceptors (Lipinski definition) is 5. The summed E-state index contributed by atoms with van der Waals surface area (Å²) in [5.74, 6) is 0.454. The van der Waals surface area contributed by atoms with E-state index in [9.17, 15) is 9.90 Å². The summed E-state index contributed by atoms with van der Waals surface area (Å²) in [6, 6.07) is 1.14. The molecule has 2 rings (SSSR count). The van der Waals surface area contributed by atoms with Crippen molar-refractivity contribution < 1.29 is 9.90 Å². The van der Waals surface area contributed by atoms with Crippen LogP contribution in [0.15, 0.2) is 12.3 Å². The Morgan fingerprint density at radius 3 is 2.86 bits per heavy atom. The molecule has 1 saturated heterocycles. The number of carbonyl (C=O) groups is 1. The van der Waals surface area contributed by atoms with Crippen molar-refractivity contribution >= 4 is 17.7 Å². The molecule has 1 atom stereocenters. The molecule has 0 bridgehead atoms. The maximum absolute atomic E-state index is 11.3. The van der Waals surface area contributed by atoms with Gasteiger partial charge in [0.05, 0.1) is 0 Å². The summed E-state index contributed by atoms with van der Waals surface area (Å²) in [5.41, 5.74) is 0. The molecule has 116 valence electrons. The van der Waals surface area contributed by atoms with Crippen LogP contribution >= 0.6 is 0 Å². The van der Waals surface area contributed by atoms with Crippen LogP contribution in [0, 0.1) is 0 Å². The van der Waals surface area contributed by atoms with Crippen LogP contribution in [0.3, 0.4) is 0 Å². The quantitative estimate of drug-likeness (QED) is 0.804. The third-order valence-electron chi connectivity index (χ3n) is 3.75. The number of rotatable bonds is 7. The monoisotopic (exact) mass is 292 g/mol. The van der Waals surface area contributed by atoms with Crippen LogP contribution in [0.5, 0.6) is 0 Å². The summed E-state index contributed by atoms with van der Waals surface area (Å²) in [6.07, 6.45) is 7.74. The first-order valence-corrected chi connectivity index (χ1v) is 7.78. The first-order chi connectivity index (χ1) is 10.2. The Labute approximate surface area is 125 Å². The highest BCUT2D eigenvalue weighted by atomic mass is 16.4. The van der Waals surface area contributed by atoms with Crippen molar-refractivity contribution in [3.05, 3.63) is 12.3 Å². The van der Waals surface area contributed by atoms with Gasteiger partial charge < -0.3 is 15.3 Å². The van der Waals surface area contributed by atoms with E-state index >= 15 is 0 Å². The molecule has 0 aliphatic carbocycles. The summed E-state index contributed by atoms with van der Waals surface area (Å²) < 4.78 is 0. The van der Waals surface area contributed by atoms with Gasteiger partial charge in [0.1, 0.15) is 11.9 Å². The Morgan fingerprint density at radius 2 is 2.19 bits per heavy atom. The van der Waals surface area contributed by atoms with Crippen molar-refractivity contribution in [2.75, 3.05) is 23.3 Å². The van der Waals surface area contributed by atoms with Gasteiger partial charge in [-0.05, 0) is 31.7 Å². The third-order valence-corrected chi connectivity index (χ3v) is 3.75. The number of aliphatic carboxylic acids is 1. The lowest BCUT2D eigenvalue weighted by Crippen LogP contribution is -2.32. The summed E-state index contributed by atoms with van der Waals surface area (Å²) in [7, 11) is 0. The van der Waals surface area contributed by atoms with Crippen molar-refractivity contribution in [3.63, 3.8) is 0 Å². The molecular formula is C15H24N4O2. The lowest BCUT2D eigenvalue weighted by Gasteiger charge is -2.27. The normalized spacial score (nSPS) is 16.5. The molecule has 21 heavy (non-hydrogen) atoms. The van der Waals surface area contributed by atoms with Crippen LogP contribution in [0.25, 0.3) is 0 Å². The molecule has 1 aliphatic rings. The lowest BCUT2D eigenvalue weighted by atomic mass is 10.1. The molecule has 0 amide bonds. The Hall–Kier alpha value is -1.85. The average Bonchev–Trinajstić information content (AvgIpc) is 2.52. The van der Waals surface area contributed by atoms with E-state index in [2.05, 4.69) is 27.1 Å². The minimum absolute atomic E-state index is 0.589. The Bertz CT molecular complexity index is 461. The van der Waals surface area contributed by atoms with E-state index in [1.54, 1.807) is 12.3 Å². The van der Waals surface area contributed by atoms with Gasteiger partial charge >= 0.3 is 5.97 Å². The van der Waals surface area contributed by atoms with E-state index in [4.69, 9.17) is 0 Å². The molecule has 6 nitrogen and oxygen atoms in total. The van der Waals surface area contributed by atoms with Crippen molar-refractivity contribution in [3.8, 4) is 0 Å². The lowest BCUT2D eigenvalue weighted by molar-refractivity contribution is -0.138. The smallest absolute Gasteiger partial charge is 0.326 e. The first-order valence-electron chi connectivity index (χ1n) is 7.78. The molecule has 1 aliphatic heterocycles. The van der Waals surface area contributed by atoms with Crippen LogP contribution < -0.4 is 10.2 Å². The van der Waals surface area contributed by atoms with E-state index < -0.39 is 12.0 Å². The molecule has 6 heteroatoms. The predicted molar refractivity (Wildman–Crippen MR) is 82.7 cm³/mol. The molecule has 0 unspecified atom stereocenters. The third kappa shape index (κ3) is 4.58. The fourth-order valence-electron chi connectivity index (χ4n) is 2.52. The van der Waals surface area contributed by atoms with Crippen LogP contribution in [-0.4, -0.2) is 40.2 Å². The Morgan fingerprint density at radius 1 is 1.43 bits per heavy atom. The number of carboxylic acids is 1. The number of unbranched alkanes of at least 4 members (excludes halogenated alkanes) is 1. The molecule has 2 N–H and O–H groups in total. The van der Waals surface area contributed by atoms with E-state index in [0.29, 0.717) is 18.2 Å². The number of nitrogens with one attached hydrogen (secondary N) is 1. The highest BCUT2D eigenvalue weighted by Crippen LogP contribution is 2.17. The maximum atomic E-state index is 11.3. The van der Waals surface area contributed by atoms with Crippen LogP contribution in [0.4, 0.5) is 11.8 Å². The number of nitrogens with zero attached hydrogens (tertiary/aromatic N) is 3. The average molecular weight is 292 g/mol. The van der Waals surface area contributed by atoms with Gasteiger partial charge in [-0.2, -0.15) is 4.98 Å². The molecule has 0 spiro atoms. The fourth-order valence-corrected chi connectivity index (χ4v) is 2.52.